The molecule has 1 saturated heterocycles. The monoisotopic (exact) mass is 225 g/mol. The van der Waals surface area contributed by atoms with Crippen molar-refractivity contribution >= 4 is 15.0 Å². The summed E-state index contributed by atoms with van der Waals surface area (Å²) in [4.78, 5) is 12.7. The van der Waals surface area contributed by atoms with Gasteiger partial charge in [-0.1, -0.05) is 6.42 Å². The van der Waals surface area contributed by atoms with Gasteiger partial charge in [0, 0.05) is 25.6 Å². The quantitative estimate of drug-likeness (QED) is 0.533. The fourth-order valence-electron chi connectivity index (χ4n) is 1.54. The molecule has 1 rings (SSSR count). The van der Waals surface area contributed by atoms with Crippen molar-refractivity contribution in [2.45, 2.75) is 31.7 Å². The molecule has 0 spiro atoms. The molecule has 1 amide bonds. The Morgan fingerprint density at radius 2 is 1.93 bits per heavy atom. The zero-order valence-electron chi connectivity index (χ0n) is 7.94. The van der Waals surface area contributed by atoms with Gasteiger partial charge < -0.3 is 4.90 Å². The zero-order chi connectivity index (χ0) is 10.6. The van der Waals surface area contributed by atoms with Crippen LogP contribution in [0.4, 0.5) is 12.3 Å². The average molecular weight is 225 g/mol. The van der Waals surface area contributed by atoms with Gasteiger partial charge in [0.05, 0.1) is 0 Å². The number of carbonyl (C=O) groups is 1. The molecule has 0 aromatic rings. The summed E-state index contributed by atoms with van der Waals surface area (Å²) in [5.41, 5.74) is 0. The van der Waals surface area contributed by atoms with Gasteiger partial charge >= 0.3 is 9.08 Å². The topological polar surface area (TPSA) is 20.3 Å². The Labute approximate surface area is 82.6 Å². The summed E-state index contributed by atoms with van der Waals surface area (Å²) in [5.74, 6) is -0.110. The molecule has 0 N–H and O–H groups in total. The molecule has 1 aliphatic rings. The highest BCUT2D eigenvalue weighted by molar-refractivity contribution is 6.58. The van der Waals surface area contributed by atoms with E-state index in [-0.39, 0.29) is 12.5 Å². The maximum Gasteiger partial charge on any atom is 0.617 e. The van der Waals surface area contributed by atoms with Gasteiger partial charge in [0.25, 0.3) is 0 Å². The molecular weight excluding hydrogens is 211 g/mol. The number of hydrogen-bond acceptors (Lipinski definition) is 1. The van der Waals surface area contributed by atoms with Crippen LogP contribution in [0.2, 0.25) is 6.04 Å². The molecule has 1 aliphatic heterocycles. The van der Waals surface area contributed by atoms with E-state index in [4.69, 9.17) is 0 Å². The van der Waals surface area contributed by atoms with E-state index in [0.717, 1.165) is 19.3 Å². The van der Waals surface area contributed by atoms with Gasteiger partial charge in [-0.15, -0.1) is 0 Å². The normalized spacial score (nSPS) is 19.6. The van der Waals surface area contributed by atoms with Crippen LogP contribution >= 0.6 is 0 Å². The third kappa shape index (κ3) is 4.12. The summed E-state index contributed by atoms with van der Waals surface area (Å²) in [6.45, 7) is 0.387. The van der Waals surface area contributed by atoms with Gasteiger partial charge in [-0.2, -0.15) is 0 Å². The Morgan fingerprint density at radius 3 is 2.57 bits per heavy atom. The molecule has 0 aromatic carbocycles. The van der Waals surface area contributed by atoms with Crippen LogP contribution in [0, 0.1) is 0 Å². The lowest BCUT2D eigenvalue weighted by Crippen LogP contribution is -2.34. The van der Waals surface area contributed by atoms with Crippen LogP contribution in [0.1, 0.15) is 25.7 Å². The molecule has 0 unspecified atom stereocenters. The van der Waals surface area contributed by atoms with Gasteiger partial charge in [0.2, 0.25) is 5.91 Å². The standard InChI is InChI=1S/C8H14F3NOSi/c9-14(10,11)7-6-12-5-3-1-2-4-8(12)13/h1-7H2. The summed E-state index contributed by atoms with van der Waals surface area (Å²) in [7, 11) is -5.48. The van der Waals surface area contributed by atoms with Crippen LogP contribution in [-0.2, 0) is 4.79 Å². The van der Waals surface area contributed by atoms with E-state index in [0.29, 0.717) is 13.0 Å². The Bertz CT molecular complexity index is 207. The first-order valence-corrected chi connectivity index (χ1v) is 6.68. The molecule has 6 heteroatoms. The molecule has 0 bridgehead atoms. The van der Waals surface area contributed by atoms with Gasteiger partial charge in [0.1, 0.15) is 0 Å². The predicted octanol–water partition coefficient (Wildman–Crippen LogP) is 2.24. The van der Waals surface area contributed by atoms with Crippen molar-refractivity contribution in [2.24, 2.45) is 0 Å². The minimum atomic E-state index is -5.48. The first kappa shape index (κ1) is 11.6. The van der Waals surface area contributed by atoms with Gasteiger partial charge in [-0.3, -0.25) is 4.79 Å². The smallest absolute Gasteiger partial charge is 0.343 e. The van der Waals surface area contributed by atoms with Crippen molar-refractivity contribution in [2.75, 3.05) is 13.1 Å². The van der Waals surface area contributed by atoms with Crippen LogP contribution in [0.15, 0.2) is 0 Å². The molecule has 1 heterocycles. The molecule has 0 aliphatic carbocycles. The molecule has 14 heavy (non-hydrogen) atoms. The fourth-order valence-corrected chi connectivity index (χ4v) is 2.06. The van der Waals surface area contributed by atoms with Gasteiger partial charge in [-0.05, 0) is 12.8 Å². The second-order valence-electron chi connectivity index (χ2n) is 3.56. The molecule has 0 aromatic heterocycles. The Kier molecular flexibility index (Phi) is 3.97. The van der Waals surface area contributed by atoms with E-state index in [1.807, 2.05) is 0 Å². The van der Waals surface area contributed by atoms with Crippen molar-refractivity contribution in [1.29, 1.82) is 0 Å². The Balaban J connectivity index is 2.37. The van der Waals surface area contributed by atoms with Crippen molar-refractivity contribution in [3.05, 3.63) is 0 Å². The van der Waals surface area contributed by atoms with E-state index < -0.39 is 15.1 Å². The summed E-state index contributed by atoms with van der Waals surface area (Å²) in [5, 5.41) is 0. The molecule has 1 fully saturated rings. The lowest BCUT2D eigenvalue weighted by molar-refractivity contribution is -0.130. The first-order valence-electron chi connectivity index (χ1n) is 4.83. The molecule has 0 saturated carbocycles. The van der Waals surface area contributed by atoms with E-state index >= 15 is 0 Å². The first-order chi connectivity index (χ1) is 6.49. The van der Waals surface area contributed by atoms with Crippen LogP contribution in [0.3, 0.4) is 0 Å². The van der Waals surface area contributed by atoms with Crippen molar-refractivity contribution in [3.8, 4) is 0 Å². The number of hydrogen-bond donors (Lipinski definition) is 0. The van der Waals surface area contributed by atoms with E-state index in [1.165, 1.54) is 4.90 Å². The second-order valence-corrected chi connectivity index (χ2v) is 5.29. The SMILES string of the molecule is O=C1CCCCCN1CC[Si](F)(F)F. The van der Waals surface area contributed by atoms with E-state index in [1.54, 1.807) is 0 Å². The largest absolute Gasteiger partial charge is 0.617 e. The number of carbonyl (C=O) groups excluding carboxylic acids is 1. The average Bonchev–Trinajstić information content (AvgIpc) is 2.25. The number of rotatable bonds is 3. The number of nitrogens with zero attached hydrogens (tertiary/aromatic N) is 1. The Hall–Kier alpha value is -0.523. The lowest BCUT2D eigenvalue weighted by Gasteiger charge is -2.20. The minimum absolute atomic E-state index is 0.110. The highest BCUT2D eigenvalue weighted by Gasteiger charge is 2.37. The van der Waals surface area contributed by atoms with Crippen LogP contribution in [0.5, 0.6) is 0 Å². The van der Waals surface area contributed by atoms with Crippen molar-refractivity contribution in [1.82, 2.24) is 4.90 Å². The van der Waals surface area contributed by atoms with E-state index in [9.17, 15) is 17.1 Å². The highest BCUT2D eigenvalue weighted by Crippen LogP contribution is 2.17. The van der Waals surface area contributed by atoms with Crippen LogP contribution in [0.25, 0.3) is 0 Å². The number of amides is 1. The van der Waals surface area contributed by atoms with Gasteiger partial charge in [0.15, 0.2) is 0 Å². The third-order valence-corrected chi connectivity index (χ3v) is 3.13. The summed E-state index contributed by atoms with van der Waals surface area (Å²) in [6, 6.07) is -0.751. The van der Waals surface area contributed by atoms with Gasteiger partial charge in [-0.25, -0.2) is 12.3 Å². The highest BCUT2D eigenvalue weighted by atomic mass is 28.5. The van der Waals surface area contributed by atoms with Crippen LogP contribution in [-0.4, -0.2) is 33.0 Å². The molecule has 0 radical (unpaired) electrons. The zero-order valence-corrected chi connectivity index (χ0v) is 8.94. The molecular formula is C8H14F3NOSi. The summed E-state index contributed by atoms with van der Waals surface area (Å²) >= 11 is 0. The van der Waals surface area contributed by atoms with Crippen molar-refractivity contribution in [3.63, 3.8) is 0 Å². The van der Waals surface area contributed by atoms with Crippen LogP contribution < -0.4 is 0 Å². The minimum Gasteiger partial charge on any atom is -0.343 e. The summed E-state index contributed by atoms with van der Waals surface area (Å²) < 4.78 is 36.1. The molecule has 0 atom stereocenters. The maximum absolute atomic E-state index is 12.0. The third-order valence-electron chi connectivity index (χ3n) is 2.34. The van der Waals surface area contributed by atoms with Crippen molar-refractivity contribution < 1.29 is 17.1 Å². The number of halogens is 3. The predicted molar refractivity (Wildman–Crippen MR) is 48.9 cm³/mol. The van der Waals surface area contributed by atoms with E-state index in [2.05, 4.69) is 0 Å². The fraction of sp³-hybridized carbons (Fsp3) is 0.875. The summed E-state index contributed by atoms with van der Waals surface area (Å²) in [6.07, 6.45) is 3.02. The number of likely N-dealkylation sites (tertiary alicyclic amines) is 1. The molecule has 82 valence electrons. The maximum atomic E-state index is 12.0. The lowest BCUT2D eigenvalue weighted by atomic mass is 10.2. The molecule has 2 nitrogen and oxygen atoms in total. The Morgan fingerprint density at radius 1 is 1.21 bits per heavy atom. The second kappa shape index (κ2) is 4.81.